The molecule has 1 aliphatic rings. The Balaban J connectivity index is 1.97. The molecule has 0 saturated carbocycles. The van der Waals surface area contributed by atoms with Crippen molar-refractivity contribution in [1.29, 1.82) is 0 Å². The van der Waals surface area contributed by atoms with Gasteiger partial charge in [0.2, 0.25) is 0 Å². The lowest BCUT2D eigenvalue weighted by Crippen LogP contribution is -2.40. The summed E-state index contributed by atoms with van der Waals surface area (Å²) in [6.07, 6.45) is 1.73. The number of benzene rings is 2. The number of nitrogens with zero attached hydrogens (tertiary/aromatic N) is 2. The highest BCUT2D eigenvalue weighted by molar-refractivity contribution is 14.1. The highest BCUT2D eigenvalue weighted by Crippen LogP contribution is 2.36. The summed E-state index contributed by atoms with van der Waals surface area (Å²) in [7, 11) is 1.62. The van der Waals surface area contributed by atoms with Crippen LogP contribution in [0.2, 0.25) is 0 Å². The lowest BCUT2D eigenvalue weighted by molar-refractivity contribution is -0.139. The number of methoxy groups -OCH3 is 1. The first-order valence-corrected chi connectivity index (χ1v) is 14.3. The van der Waals surface area contributed by atoms with Gasteiger partial charge >= 0.3 is 5.97 Å². The predicted octanol–water partition coefficient (Wildman–Crippen LogP) is 4.96. The molecule has 1 atom stereocenters. The number of hydrogen-bond donors (Lipinski definition) is 0. The van der Waals surface area contributed by atoms with Gasteiger partial charge in [-0.1, -0.05) is 29.5 Å². The summed E-state index contributed by atoms with van der Waals surface area (Å²) in [6, 6.07) is 10.6. The van der Waals surface area contributed by atoms with Crippen molar-refractivity contribution in [3.63, 3.8) is 0 Å². The quantitative estimate of drug-likeness (QED) is 0.258. The number of thiazole rings is 1. The number of hydrogen-bond acceptors (Lipinski definition) is 7. The van der Waals surface area contributed by atoms with Crippen LogP contribution in [0.4, 0.5) is 0 Å². The first-order valence-electron chi connectivity index (χ1n) is 11.6. The summed E-state index contributed by atoms with van der Waals surface area (Å²) in [4.78, 5) is 32.2. The third-order valence-corrected chi connectivity index (χ3v) is 7.99. The van der Waals surface area contributed by atoms with Crippen molar-refractivity contribution in [1.82, 2.24) is 4.57 Å². The molecule has 0 radical (unpaired) electrons. The normalized spacial score (nSPS) is 15.5. The van der Waals surface area contributed by atoms with Crippen LogP contribution in [0.15, 0.2) is 61.9 Å². The van der Waals surface area contributed by atoms with Gasteiger partial charge in [-0.15, -0.1) is 0 Å². The molecule has 0 N–H and O–H groups in total. The molecule has 7 nitrogen and oxygen atoms in total. The van der Waals surface area contributed by atoms with Crippen molar-refractivity contribution in [3.8, 4) is 11.5 Å². The fourth-order valence-electron chi connectivity index (χ4n) is 4.16. The largest absolute Gasteiger partial charge is 0.494 e. The van der Waals surface area contributed by atoms with Crippen LogP contribution in [0.25, 0.3) is 6.08 Å². The molecule has 0 fully saturated rings. The van der Waals surface area contributed by atoms with E-state index in [9.17, 15) is 9.59 Å². The molecule has 0 saturated heterocycles. The molecule has 37 heavy (non-hydrogen) atoms. The van der Waals surface area contributed by atoms with Gasteiger partial charge in [0, 0.05) is 5.56 Å². The van der Waals surface area contributed by atoms with Crippen LogP contribution in [-0.2, 0) is 9.53 Å². The average Bonchev–Trinajstić information content (AvgIpc) is 3.12. The van der Waals surface area contributed by atoms with E-state index in [4.69, 9.17) is 14.2 Å². The fraction of sp³-hybridized carbons (Fsp3) is 0.296. The van der Waals surface area contributed by atoms with E-state index in [1.54, 1.807) is 25.5 Å². The predicted molar refractivity (Wildman–Crippen MR) is 156 cm³/mol. The third-order valence-electron chi connectivity index (χ3n) is 5.62. The van der Waals surface area contributed by atoms with E-state index in [1.165, 1.54) is 11.3 Å². The maximum atomic E-state index is 13.9. The number of ether oxygens (including phenoxy) is 3. The Morgan fingerprint density at radius 2 is 2.03 bits per heavy atom. The number of esters is 1. The van der Waals surface area contributed by atoms with E-state index >= 15 is 0 Å². The van der Waals surface area contributed by atoms with Gasteiger partial charge in [-0.3, -0.25) is 9.36 Å². The number of aromatic nitrogens is 1. The van der Waals surface area contributed by atoms with Crippen LogP contribution in [0, 0.1) is 3.57 Å². The zero-order chi connectivity index (χ0) is 26.9. The highest BCUT2D eigenvalue weighted by Gasteiger charge is 2.35. The standard InChI is InChI=1S/C27H26BrIN2O5S/c1-6-35-26(33)22-15(4)30-27-31(23(22)17-9-7-8-10-20(17)36-14(2)3)25(32)21(37-27)13-16-11-18(28)24(34-5)19(29)12-16/h7-14,23H,6H2,1-5H3/b21-13+/t23-/m0/s1. The Hall–Kier alpha value is -2.44. The summed E-state index contributed by atoms with van der Waals surface area (Å²) >= 11 is 7.02. The number of carbonyl (C=O) groups is 1. The Morgan fingerprint density at radius 1 is 1.30 bits per heavy atom. The van der Waals surface area contributed by atoms with E-state index in [0.717, 1.165) is 19.4 Å². The molecule has 1 aromatic heterocycles. The zero-order valence-electron chi connectivity index (χ0n) is 21.0. The molecule has 2 heterocycles. The van der Waals surface area contributed by atoms with E-state index in [-0.39, 0.29) is 18.3 Å². The monoisotopic (exact) mass is 696 g/mol. The summed E-state index contributed by atoms with van der Waals surface area (Å²) in [6.45, 7) is 7.60. The van der Waals surface area contributed by atoms with Crippen LogP contribution in [-0.4, -0.2) is 30.4 Å². The maximum Gasteiger partial charge on any atom is 0.338 e. The molecule has 0 amide bonds. The molecule has 3 aromatic rings. The van der Waals surface area contributed by atoms with E-state index in [1.807, 2.05) is 56.3 Å². The van der Waals surface area contributed by atoms with Gasteiger partial charge in [-0.2, -0.15) is 0 Å². The summed E-state index contributed by atoms with van der Waals surface area (Å²) < 4.78 is 20.7. The minimum Gasteiger partial charge on any atom is -0.494 e. The van der Waals surface area contributed by atoms with Crippen LogP contribution in [0.3, 0.4) is 0 Å². The molecule has 0 spiro atoms. The summed E-state index contributed by atoms with van der Waals surface area (Å²) in [5.41, 5.74) is 2.12. The van der Waals surface area contributed by atoms with E-state index in [0.29, 0.717) is 31.9 Å². The molecule has 10 heteroatoms. The van der Waals surface area contributed by atoms with Crippen LogP contribution < -0.4 is 24.4 Å². The lowest BCUT2D eigenvalue weighted by atomic mass is 9.95. The van der Waals surface area contributed by atoms with Crippen LogP contribution in [0.5, 0.6) is 11.5 Å². The highest BCUT2D eigenvalue weighted by atomic mass is 127. The number of para-hydroxylation sites is 1. The molecule has 1 aliphatic heterocycles. The number of fused-ring (bicyclic) bond motifs is 1. The van der Waals surface area contributed by atoms with E-state index in [2.05, 4.69) is 43.5 Å². The van der Waals surface area contributed by atoms with Crippen molar-refractivity contribution in [3.05, 3.63) is 86.5 Å². The molecule has 0 bridgehead atoms. The first kappa shape index (κ1) is 27.6. The molecule has 2 aromatic carbocycles. The van der Waals surface area contributed by atoms with Crippen LogP contribution >= 0.6 is 49.9 Å². The Morgan fingerprint density at radius 3 is 2.68 bits per heavy atom. The second-order valence-corrected chi connectivity index (χ2v) is 11.6. The molecule has 0 unspecified atom stereocenters. The molecule has 0 aliphatic carbocycles. The van der Waals surface area contributed by atoms with Crippen molar-refractivity contribution < 1.29 is 19.0 Å². The lowest BCUT2D eigenvalue weighted by Gasteiger charge is -2.26. The zero-order valence-corrected chi connectivity index (χ0v) is 25.6. The van der Waals surface area contributed by atoms with Crippen molar-refractivity contribution in [2.45, 2.75) is 39.8 Å². The fourth-order valence-corrected chi connectivity index (χ4v) is 7.09. The first-order chi connectivity index (χ1) is 17.7. The Labute approximate surface area is 240 Å². The summed E-state index contributed by atoms with van der Waals surface area (Å²) in [5, 5.41) is 0. The third kappa shape index (κ3) is 5.56. The Bertz CT molecular complexity index is 1550. The molecular weight excluding hydrogens is 671 g/mol. The SMILES string of the molecule is CCOC(=O)C1=C(C)N=c2s/c(=C/c3cc(Br)c(OC)c(I)c3)c(=O)n2[C@H]1c1ccccc1OC(C)C. The second kappa shape index (κ2) is 11.5. The minimum atomic E-state index is -0.741. The van der Waals surface area contributed by atoms with Gasteiger partial charge in [0.25, 0.3) is 5.56 Å². The second-order valence-electron chi connectivity index (χ2n) is 8.52. The van der Waals surface area contributed by atoms with Gasteiger partial charge in [0.05, 0.1) is 43.7 Å². The van der Waals surface area contributed by atoms with Crippen LogP contribution in [0.1, 0.15) is 44.9 Å². The Kier molecular flexibility index (Phi) is 8.59. The van der Waals surface area contributed by atoms with Gasteiger partial charge in [0.1, 0.15) is 17.5 Å². The average molecular weight is 697 g/mol. The van der Waals surface area contributed by atoms with Crippen molar-refractivity contribution >= 4 is 61.9 Å². The topological polar surface area (TPSA) is 79.1 Å². The summed E-state index contributed by atoms with van der Waals surface area (Å²) in [5.74, 6) is 0.828. The maximum absolute atomic E-state index is 13.9. The van der Waals surface area contributed by atoms with Gasteiger partial charge in [-0.25, -0.2) is 9.79 Å². The number of allylic oxidation sites excluding steroid dienone is 1. The minimum absolute atomic E-state index is 0.0934. The number of carbonyl (C=O) groups excluding carboxylic acids is 1. The molecular formula is C27H26BrIN2O5S. The number of halogens is 2. The van der Waals surface area contributed by atoms with Gasteiger partial charge < -0.3 is 14.2 Å². The number of rotatable bonds is 7. The molecule has 194 valence electrons. The smallest absolute Gasteiger partial charge is 0.338 e. The van der Waals surface area contributed by atoms with Crippen molar-refractivity contribution in [2.75, 3.05) is 13.7 Å². The molecule has 4 rings (SSSR count). The van der Waals surface area contributed by atoms with Gasteiger partial charge in [-0.05, 0) is 96.1 Å². The van der Waals surface area contributed by atoms with Crippen molar-refractivity contribution in [2.24, 2.45) is 4.99 Å². The van der Waals surface area contributed by atoms with Gasteiger partial charge in [0.15, 0.2) is 4.80 Å². The van der Waals surface area contributed by atoms with E-state index < -0.39 is 12.0 Å².